The second-order valence-corrected chi connectivity index (χ2v) is 6.51. The third-order valence-electron chi connectivity index (χ3n) is 4.53. The van der Waals surface area contributed by atoms with Gasteiger partial charge in [0.05, 0.1) is 0 Å². The highest BCUT2D eigenvalue weighted by atomic mass is 16.3. The Morgan fingerprint density at radius 1 is 1.15 bits per heavy atom. The molecule has 1 aromatic carbocycles. The summed E-state index contributed by atoms with van der Waals surface area (Å²) >= 11 is 0. The van der Waals surface area contributed by atoms with Crippen molar-refractivity contribution >= 4 is 11.8 Å². The van der Waals surface area contributed by atoms with Crippen LogP contribution in [0, 0.1) is 0 Å². The van der Waals surface area contributed by atoms with E-state index in [2.05, 4.69) is 4.98 Å². The molecule has 136 valence electrons. The molecule has 3 rings (SSSR count). The normalized spacial score (nSPS) is 13.8. The van der Waals surface area contributed by atoms with Crippen molar-refractivity contribution in [1.29, 1.82) is 0 Å². The van der Waals surface area contributed by atoms with Gasteiger partial charge in [-0.1, -0.05) is 18.2 Å². The summed E-state index contributed by atoms with van der Waals surface area (Å²) < 4.78 is 0. The van der Waals surface area contributed by atoms with Gasteiger partial charge >= 0.3 is 0 Å². The molecule has 0 aliphatic carbocycles. The van der Waals surface area contributed by atoms with Gasteiger partial charge in [-0.3, -0.25) is 14.6 Å². The van der Waals surface area contributed by atoms with Crippen molar-refractivity contribution in [3.05, 3.63) is 59.9 Å². The van der Waals surface area contributed by atoms with E-state index in [1.165, 1.54) is 0 Å². The minimum atomic E-state index is 0.00151. The summed E-state index contributed by atoms with van der Waals surface area (Å²) in [4.78, 5) is 32.2. The molecule has 0 saturated carbocycles. The molecule has 0 bridgehead atoms. The van der Waals surface area contributed by atoms with Crippen LogP contribution in [0.3, 0.4) is 0 Å². The molecule has 0 atom stereocenters. The average Bonchev–Trinajstić information content (AvgIpc) is 3.07. The van der Waals surface area contributed by atoms with Crippen molar-refractivity contribution in [2.75, 3.05) is 13.1 Å². The molecule has 1 aromatic heterocycles. The van der Waals surface area contributed by atoms with Crippen molar-refractivity contribution in [2.45, 2.75) is 32.4 Å². The standard InChI is InChI=1S/C20H23N3O3/c24-18-7-5-16(6-8-18)14-23(15-17-3-1-10-21-13-17)20(26)9-12-22-11-2-4-19(22)25/h1,3,5-8,10,13,24H,2,4,9,11-12,14-15H2. The first-order valence-electron chi connectivity index (χ1n) is 8.84. The lowest BCUT2D eigenvalue weighted by Gasteiger charge is -2.24. The van der Waals surface area contributed by atoms with Crippen LogP contribution < -0.4 is 0 Å². The number of amides is 2. The topological polar surface area (TPSA) is 73.7 Å². The number of likely N-dealkylation sites (tertiary alicyclic amines) is 1. The Morgan fingerprint density at radius 2 is 1.92 bits per heavy atom. The molecule has 2 heterocycles. The Hall–Kier alpha value is -2.89. The number of rotatable bonds is 7. The maximum atomic E-state index is 12.8. The summed E-state index contributed by atoms with van der Waals surface area (Å²) in [6, 6.07) is 10.6. The lowest BCUT2D eigenvalue weighted by Crippen LogP contribution is -2.34. The summed E-state index contributed by atoms with van der Waals surface area (Å²) in [7, 11) is 0. The molecule has 26 heavy (non-hydrogen) atoms. The number of aromatic nitrogens is 1. The fourth-order valence-electron chi connectivity index (χ4n) is 3.10. The Balaban J connectivity index is 1.67. The SMILES string of the molecule is O=C1CCCN1CCC(=O)N(Cc1ccc(O)cc1)Cc1cccnc1. The largest absolute Gasteiger partial charge is 0.508 e. The Bertz CT molecular complexity index is 747. The first kappa shape index (κ1) is 17.9. The lowest BCUT2D eigenvalue weighted by molar-refractivity contribution is -0.134. The van der Waals surface area contributed by atoms with E-state index in [1.54, 1.807) is 34.3 Å². The van der Waals surface area contributed by atoms with Gasteiger partial charge in [0, 0.05) is 51.4 Å². The summed E-state index contributed by atoms with van der Waals surface area (Å²) in [5, 5.41) is 9.44. The highest BCUT2D eigenvalue weighted by Gasteiger charge is 2.22. The summed E-state index contributed by atoms with van der Waals surface area (Å²) in [6.07, 6.45) is 5.22. The molecule has 1 aliphatic heterocycles. The van der Waals surface area contributed by atoms with Crippen molar-refractivity contribution in [3.63, 3.8) is 0 Å². The highest BCUT2D eigenvalue weighted by Crippen LogP contribution is 2.16. The van der Waals surface area contributed by atoms with Gasteiger partial charge in [-0.25, -0.2) is 0 Å². The molecule has 6 nitrogen and oxygen atoms in total. The molecule has 1 aliphatic rings. The van der Waals surface area contributed by atoms with E-state index in [9.17, 15) is 14.7 Å². The number of phenols is 1. The monoisotopic (exact) mass is 353 g/mol. The molecule has 6 heteroatoms. The number of benzene rings is 1. The van der Waals surface area contributed by atoms with Gasteiger partial charge in [0.1, 0.15) is 5.75 Å². The smallest absolute Gasteiger partial charge is 0.224 e. The zero-order chi connectivity index (χ0) is 18.4. The maximum absolute atomic E-state index is 12.8. The van der Waals surface area contributed by atoms with Crippen LogP contribution in [0.4, 0.5) is 0 Å². The fourth-order valence-corrected chi connectivity index (χ4v) is 3.10. The van der Waals surface area contributed by atoms with Crippen LogP contribution in [0.5, 0.6) is 5.75 Å². The third-order valence-corrected chi connectivity index (χ3v) is 4.53. The van der Waals surface area contributed by atoms with Crippen LogP contribution in [0.2, 0.25) is 0 Å². The molecule has 0 spiro atoms. The second-order valence-electron chi connectivity index (χ2n) is 6.51. The van der Waals surface area contributed by atoms with Gasteiger partial charge in [0.25, 0.3) is 0 Å². The molecule has 0 unspecified atom stereocenters. The molecular weight excluding hydrogens is 330 g/mol. The van der Waals surface area contributed by atoms with E-state index >= 15 is 0 Å². The lowest BCUT2D eigenvalue weighted by atomic mass is 10.1. The number of carbonyl (C=O) groups is 2. The van der Waals surface area contributed by atoms with E-state index in [0.29, 0.717) is 32.5 Å². The van der Waals surface area contributed by atoms with Gasteiger partial charge in [-0.2, -0.15) is 0 Å². The first-order valence-corrected chi connectivity index (χ1v) is 8.84. The molecule has 2 amide bonds. The predicted octanol–water partition coefficient (Wildman–Crippen LogP) is 2.33. The van der Waals surface area contributed by atoms with Crippen molar-refractivity contribution in [1.82, 2.24) is 14.8 Å². The zero-order valence-corrected chi connectivity index (χ0v) is 14.7. The molecule has 0 radical (unpaired) electrons. The number of hydrogen-bond donors (Lipinski definition) is 1. The van der Waals surface area contributed by atoms with Crippen LogP contribution in [0.15, 0.2) is 48.8 Å². The van der Waals surface area contributed by atoms with E-state index < -0.39 is 0 Å². The first-order chi connectivity index (χ1) is 12.6. The maximum Gasteiger partial charge on any atom is 0.224 e. The number of aromatic hydroxyl groups is 1. The van der Waals surface area contributed by atoms with Crippen molar-refractivity contribution < 1.29 is 14.7 Å². The Labute approximate surface area is 153 Å². The molecular formula is C20H23N3O3. The minimum Gasteiger partial charge on any atom is -0.508 e. The zero-order valence-electron chi connectivity index (χ0n) is 14.7. The van der Waals surface area contributed by atoms with Crippen LogP contribution in [0.1, 0.15) is 30.4 Å². The Kier molecular flexibility index (Phi) is 5.84. The van der Waals surface area contributed by atoms with Gasteiger partial charge < -0.3 is 14.9 Å². The quantitative estimate of drug-likeness (QED) is 0.829. The number of carbonyl (C=O) groups excluding carboxylic acids is 2. The van der Waals surface area contributed by atoms with Gasteiger partial charge in [-0.15, -0.1) is 0 Å². The second kappa shape index (κ2) is 8.47. The highest BCUT2D eigenvalue weighted by molar-refractivity contribution is 5.80. The third kappa shape index (κ3) is 4.81. The van der Waals surface area contributed by atoms with E-state index in [4.69, 9.17) is 0 Å². The van der Waals surface area contributed by atoms with Gasteiger partial charge in [0.15, 0.2) is 0 Å². The number of nitrogens with zero attached hydrogens (tertiary/aromatic N) is 3. The van der Waals surface area contributed by atoms with Crippen LogP contribution in [0.25, 0.3) is 0 Å². The number of pyridine rings is 1. The van der Waals surface area contributed by atoms with Gasteiger partial charge in [0.2, 0.25) is 11.8 Å². The number of hydrogen-bond acceptors (Lipinski definition) is 4. The summed E-state index contributed by atoms with van der Waals surface area (Å²) in [6.45, 7) is 2.12. The fraction of sp³-hybridized carbons (Fsp3) is 0.350. The van der Waals surface area contributed by atoms with Crippen LogP contribution in [-0.2, 0) is 22.7 Å². The molecule has 1 N–H and O–H groups in total. The van der Waals surface area contributed by atoms with Crippen LogP contribution >= 0.6 is 0 Å². The van der Waals surface area contributed by atoms with Gasteiger partial charge in [-0.05, 0) is 35.7 Å². The van der Waals surface area contributed by atoms with E-state index in [-0.39, 0.29) is 17.6 Å². The summed E-state index contributed by atoms with van der Waals surface area (Å²) in [5.41, 5.74) is 1.90. The van der Waals surface area contributed by atoms with E-state index in [0.717, 1.165) is 24.1 Å². The van der Waals surface area contributed by atoms with Crippen LogP contribution in [-0.4, -0.2) is 44.8 Å². The minimum absolute atomic E-state index is 0.00151. The number of phenolic OH excluding ortho intramolecular Hbond substituents is 1. The molecule has 2 aromatic rings. The average molecular weight is 353 g/mol. The summed E-state index contributed by atoms with van der Waals surface area (Å²) in [5.74, 6) is 0.336. The molecule has 1 saturated heterocycles. The predicted molar refractivity (Wildman–Crippen MR) is 97.0 cm³/mol. The van der Waals surface area contributed by atoms with Crippen molar-refractivity contribution in [2.24, 2.45) is 0 Å². The van der Waals surface area contributed by atoms with E-state index in [1.807, 2.05) is 24.3 Å². The molecule has 1 fully saturated rings. The van der Waals surface area contributed by atoms with Crippen molar-refractivity contribution in [3.8, 4) is 5.75 Å². The Morgan fingerprint density at radius 3 is 2.58 bits per heavy atom.